The van der Waals surface area contributed by atoms with Gasteiger partial charge in [0.2, 0.25) is 0 Å². The van der Waals surface area contributed by atoms with Crippen LogP contribution in [-0.2, 0) is 4.79 Å². The van der Waals surface area contributed by atoms with Crippen molar-refractivity contribution in [3.63, 3.8) is 0 Å². The van der Waals surface area contributed by atoms with Gasteiger partial charge in [-0.15, -0.1) is 0 Å². The van der Waals surface area contributed by atoms with E-state index in [9.17, 15) is 4.79 Å². The first-order valence-corrected chi connectivity index (χ1v) is 4.46. The van der Waals surface area contributed by atoms with Crippen LogP contribution in [0.15, 0.2) is 42.5 Å². The zero-order valence-electron chi connectivity index (χ0n) is 7.64. The van der Waals surface area contributed by atoms with Crippen LogP contribution in [0.3, 0.4) is 0 Å². The number of rotatable bonds is 3. The average molecular weight is 186 g/mol. The van der Waals surface area contributed by atoms with Crippen LogP contribution >= 0.6 is 0 Å². The molecule has 14 heavy (non-hydrogen) atoms. The lowest BCUT2D eigenvalue weighted by Gasteiger charge is -2.05. The summed E-state index contributed by atoms with van der Waals surface area (Å²) in [5.41, 5.74) is 0. The summed E-state index contributed by atoms with van der Waals surface area (Å²) in [5.74, 6) is 0.759. The van der Waals surface area contributed by atoms with Gasteiger partial charge in [0.15, 0.2) is 6.29 Å². The third-order valence-electron chi connectivity index (χ3n) is 2.06. The van der Waals surface area contributed by atoms with Gasteiger partial charge in [-0.25, -0.2) is 0 Å². The Bertz CT molecular complexity index is 444. The Kier molecular flexibility index (Phi) is 2.45. The maximum atomic E-state index is 10.2. The predicted molar refractivity (Wildman–Crippen MR) is 55.5 cm³/mol. The van der Waals surface area contributed by atoms with E-state index >= 15 is 0 Å². The van der Waals surface area contributed by atoms with E-state index in [0.717, 1.165) is 22.8 Å². The highest BCUT2D eigenvalue weighted by atomic mass is 16.5. The molecule has 0 heterocycles. The number of fused-ring (bicyclic) bond motifs is 1. The molecule has 0 atom stereocenters. The molecule has 0 saturated carbocycles. The normalized spacial score (nSPS) is 10.0. The van der Waals surface area contributed by atoms with Crippen molar-refractivity contribution in [2.24, 2.45) is 0 Å². The summed E-state index contributed by atoms with van der Waals surface area (Å²) < 4.78 is 5.30. The summed E-state index contributed by atoms with van der Waals surface area (Å²) in [6.45, 7) is 0.105. The highest BCUT2D eigenvalue weighted by molar-refractivity contribution is 5.88. The molecule has 0 spiro atoms. The Morgan fingerprint density at radius 3 is 2.71 bits per heavy atom. The number of aldehydes is 1. The maximum Gasteiger partial charge on any atom is 0.157 e. The number of benzene rings is 2. The molecule has 70 valence electrons. The zero-order valence-corrected chi connectivity index (χ0v) is 7.64. The molecule has 2 aromatic rings. The second-order valence-electron chi connectivity index (χ2n) is 2.95. The third-order valence-corrected chi connectivity index (χ3v) is 2.06. The molecule has 0 fully saturated rings. The minimum atomic E-state index is 0.105. The molecular formula is C12H10O2. The van der Waals surface area contributed by atoms with Crippen molar-refractivity contribution < 1.29 is 9.53 Å². The number of ether oxygens (including phenoxy) is 1. The number of carbonyl (C=O) groups excluding carboxylic acids is 1. The second-order valence-corrected chi connectivity index (χ2v) is 2.95. The van der Waals surface area contributed by atoms with Crippen LogP contribution in [0.4, 0.5) is 0 Å². The van der Waals surface area contributed by atoms with Gasteiger partial charge in [0.25, 0.3) is 0 Å². The van der Waals surface area contributed by atoms with E-state index in [1.165, 1.54) is 0 Å². The summed E-state index contributed by atoms with van der Waals surface area (Å²) in [6, 6.07) is 13.7. The van der Waals surface area contributed by atoms with Gasteiger partial charge in [0, 0.05) is 5.39 Å². The van der Waals surface area contributed by atoms with E-state index in [4.69, 9.17) is 4.74 Å². The van der Waals surface area contributed by atoms with E-state index in [-0.39, 0.29) is 6.61 Å². The van der Waals surface area contributed by atoms with Crippen LogP contribution in [0.1, 0.15) is 0 Å². The SMILES string of the molecule is O=CCOc1cccc2ccccc12. The van der Waals surface area contributed by atoms with Gasteiger partial charge in [0.05, 0.1) is 0 Å². The Labute approximate surface area is 82.1 Å². The summed E-state index contributed by atoms with van der Waals surface area (Å²) in [6.07, 6.45) is 0.752. The minimum Gasteiger partial charge on any atom is -0.486 e. The molecular weight excluding hydrogens is 176 g/mol. The lowest BCUT2D eigenvalue weighted by Crippen LogP contribution is -1.97. The Balaban J connectivity index is 2.48. The number of carbonyl (C=O) groups is 1. The Morgan fingerprint density at radius 2 is 1.86 bits per heavy atom. The molecule has 0 aliphatic carbocycles. The van der Waals surface area contributed by atoms with E-state index in [0.29, 0.717) is 0 Å². The largest absolute Gasteiger partial charge is 0.486 e. The summed E-state index contributed by atoms with van der Waals surface area (Å²) in [5, 5.41) is 2.16. The molecule has 0 amide bonds. The molecule has 2 nitrogen and oxygen atoms in total. The van der Waals surface area contributed by atoms with Crippen LogP contribution in [0.5, 0.6) is 5.75 Å². The summed E-state index contributed by atoms with van der Waals surface area (Å²) >= 11 is 0. The molecule has 2 aromatic carbocycles. The van der Waals surface area contributed by atoms with Gasteiger partial charge < -0.3 is 4.74 Å². The quantitative estimate of drug-likeness (QED) is 0.688. The van der Waals surface area contributed by atoms with Crippen molar-refractivity contribution in [1.29, 1.82) is 0 Å². The van der Waals surface area contributed by atoms with Crippen molar-refractivity contribution in [2.45, 2.75) is 0 Å². The van der Waals surface area contributed by atoms with Gasteiger partial charge in [-0.1, -0.05) is 36.4 Å². The molecule has 0 N–H and O–H groups in total. The third kappa shape index (κ3) is 1.59. The van der Waals surface area contributed by atoms with Crippen LogP contribution in [-0.4, -0.2) is 12.9 Å². The summed E-state index contributed by atoms with van der Waals surface area (Å²) in [7, 11) is 0. The Morgan fingerprint density at radius 1 is 1.07 bits per heavy atom. The van der Waals surface area contributed by atoms with Crippen molar-refractivity contribution in [2.75, 3.05) is 6.61 Å². The molecule has 0 saturated heterocycles. The molecule has 0 aliphatic rings. The first kappa shape index (κ1) is 8.75. The lowest BCUT2D eigenvalue weighted by atomic mass is 10.1. The van der Waals surface area contributed by atoms with Crippen LogP contribution < -0.4 is 4.74 Å². The monoisotopic (exact) mass is 186 g/mol. The van der Waals surface area contributed by atoms with E-state index in [2.05, 4.69) is 0 Å². The Hall–Kier alpha value is -1.83. The van der Waals surface area contributed by atoms with Crippen LogP contribution in [0.2, 0.25) is 0 Å². The van der Waals surface area contributed by atoms with Gasteiger partial charge >= 0.3 is 0 Å². The van der Waals surface area contributed by atoms with E-state index in [1.807, 2.05) is 42.5 Å². The highest BCUT2D eigenvalue weighted by Gasteiger charge is 1.99. The maximum absolute atomic E-state index is 10.2. The second kappa shape index (κ2) is 3.92. The number of hydrogen-bond donors (Lipinski definition) is 0. The molecule has 0 unspecified atom stereocenters. The average Bonchev–Trinajstić information content (AvgIpc) is 2.26. The van der Waals surface area contributed by atoms with Gasteiger partial charge in [-0.05, 0) is 11.5 Å². The first-order chi connectivity index (χ1) is 6.92. The predicted octanol–water partition coefficient (Wildman–Crippen LogP) is 2.42. The van der Waals surface area contributed by atoms with E-state index in [1.54, 1.807) is 0 Å². The minimum absolute atomic E-state index is 0.105. The van der Waals surface area contributed by atoms with Gasteiger partial charge in [-0.3, -0.25) is 4.79 Å². The molecule has 2 heteroatoms. The van der Waals surface area contributed by atoms with Gasteiger partial charge in [-0.2, -0.15) is 0 Å². The lowest BCUT2D eigenvalue weighted by molar-refractivity contribution is -0.109. The summed E-state index contributed by atoms with van der Waals surface area (Å²) in [4.78, 5) is 10.2. The molecule has 0 bridgehead atoms. The topological polar surface area (TPSA) is 26.3 Å². The van der Waals surface area contributed by atoms with Crippen molar-refractivity contribution in [3.05, 3.63) is 42.5 Å². The molecule has 0 aromatic heterocycles. The number of hydrogen-bond acceptors (Lipinski definition) is 2. The van der Waals surface area contributed by atoms with Crippen molar-refractivity contribution >= 4 is 17.1 Å². The first-order valence-electron chi connectivity index (χ1n) is 4.46. The fraction of sp³-hybridized carbons (Fsp3) is 0.0833. The molecule has 2 rings (SSSR count). The van der Waals surface area contributed by atoms with Crippen LogP contribution in [0.25, 0.3) is 10.8 Å². The van der Waals surface area contributed by atoms with E-state index < -0.39 is 0 Å². The standard InChI is InChI=1S/C12H10O2/c13-8-9-14-12-7-3-5-10-4-1-2-6-11(10)12/h1-8H,9H2. The fourth-order valence-corrected chi connectivity index (χ4v) is 1.45. The fourth-order valence-electron chi connectivity index (χ4n) is 1.45. The van der Waals surface area contributed by atoms with Crippen molar-refractivity contribution in [3.8, 4) is 5.75 Å². The highest BCUT2D eigenvalue weighted by Crippen LogP contribution is 2.24. The van der Waals surface area contributed by atoms with Crippen molar-refractivity contribution in [1.82, 2.24) is 0 Å². The zero-order chi connectivity index (χ0) is 9.80. The van der Waals surface area contributed by atoms with Gasteiger partial charge in [0.1, 0.15) is 12.4 Å². The van der Waals surface area contributed by atoms with Crippen LogP contribution in [0, 0.1) is 0 Å². The smallest absolute Gasteiger partial charge is 0.157 e. The molecule has 0 aliphatic heterocycles. The molecule has 0 radical (unpaired) electrons.